The molecule has 0 saturated carbocycles. The van der Waals surface area contributed by atoms with E-state index in [2.05, 4.69) is 16.0 Å². The smallest absolute Gasteiger partial charge is 0.326 e. The summed E-state index contributed by atoms with van der Waals surface area (Å²) in [5.41, 5.74) is 17.8. The van der Waals surface area contributed by atoms with Crippen LogP contribution < -0.4 is 33.2 Å². The molecule has 0 aliphatic rings. The maximum absolute atomic E-state index is 13.3. The quantitative estimate of drug-likeness (QED) is 0.123. The van der Waals surface area contributed by atoms with Gasteiger partial charge in [-0.15, -0.1) is 0 Å². The Bertz CT molecular complexity index is 867. The first-order valence-electron chi connectivity index (χ1n) is 13.4. The summed E-state index contributed by atoms with van der Waals surface area (Å²) in [5, 5.41) is 17.7. The Morgan fingerprint density at radius 2 is 1.29 bits per heavy atom. The Kier molecular flexibility index (Phi) is 15.9. The molecule has 0 radical (unpaired) electrons. The minimum absolute atomic E-state index is 0.0321. The zero-order chi connectivity index (χ0) is 28.5. The number of carbonyl (C=O) groups is 4. The Morgan fingerprint density at radius 3 is 1.84 bits per heavy atom. The number of unbranched alkanes of at least 4 members (excludes halogenated alkanes) is 2. The summed E-state index contributed by atoms with van der Waals surface area (Å²) in [6.07, 6.45) is 3.85. The molecule has 10 N–H and O–H groups in total. The predicted molar refractivity (Wildman–Crippen MR) is 147 cm³/mol. The van der Waals surface area contributed by atoms with E-state index in [1.165, 1.54) is 0 Å². The first kappa shape index (κ1) is 33.0. The fraction of sp³-hybridized carbons (Fsp3) is 0.630. The highest BCUT2D eigenvalue weighted by Crippen LogP contribution is 2.10. The number of carboxylic acids is 1. The van der Waals surface area contributed by atoms with Crippen LogP contribution in [0.5, 0.6) is 0 Å². The summed E-state index contributed by atoms with van der Waals surface area (Å²) < 4.78 is 0. The highest BCUT2D eigenvalue weighted by atomic mass is 16.4. The van der Waals surface area contributed by atoms with E-state index in [0.29, 0.717) is 45.2 Å². The first-order valence-corrected chi connectivity index (χ1v) is 13.4. The maximum atomic E-state index is 13.3. The summed E-state index contributed by atoms with van der Waals surface area (Å²) in [6.45, 7) is 4.74. The van der Waals surface area contributed by atoms with E-state index in [1.54, 1.807) is 24.3 Å². The van der Waals surface area contributed by atoms with Crippen molar-refractivity contribution in [3.8, 4) is 0 Å². The lowest BCUT2D eigenvalue weighted by Gasteiger charge is -2.26. The molecule has 0 fully saturated rings. The van der Waals surface area contributed by atoms with E-state index in [1.807, 2.05) is 19.9 Å². The molecule has 11 heteroatoms. The van der Waals surface area contributed by atoms with E-state index in [0.717, 1.165) is 12.0 Å². The summed E-state index contributed by atoms with van der Waals surface area (Å²) in [4.78, 5) is 50.9. The van der Waals surface area contributed by atoms with Gasteiger partial charge in [-0.25, -0.2) is 4.79 Å². The van der Waals surface area contributed by atoms with Crippen LogP contribution in [0, 0.1) is 5.92 Å². The molecule has 38 heavy (non-hydrogen) atoms. The van der Waals surface area contributed by atoms with Crippen LogP contribution in [0.25, 0.3) is 0 Å². The van der Waals surface area contributed by atoms with Crippen molar-refractivity contribution in [3.63, 3.8) is 0 Å². The molecule has 11 nitrogen and oxygen atoms in total. The van der Waals surface area contributed by atoms with Crippen molar-refractivity contribution in [2.75, 3.05) is 13.1 Å². The van der Waals surface area contributed by atoms with Crippen molar-refractivity contribution in [1.29, 1.82) is 0 Å². The van der Waals surface area contributed by atoms with Crippen LogP contribution >= 0.6 is 0 Å². The first-order chi connectivity index (χ1) is 18.1. The molecule has 0 bridgehead atoms. The number of rotatable bonds is 19. The normalized spacial score (nSPS) is 14.3. The summed E-state index contributed by atoms with van der Waals surface area (Å²) in [5.74, 6) is -2.72. The minimum Gasteiger partial charge on any atom is -0.480 e. The van der Waals surface area contributed by atoms with Gasteiger partial charge in [-0.1, -0.05) is 50.6 Å². The van der Waals surface area contributed by atoms with Gasteiger partial charge in [0.05, 0.1) is 6.04 Å². The summed E-state index contributed by atoms with van der Waals surface area (Å²) in [7, 11) is 0. The lowest BCUT2D eigenvalue weighted by atomic mass is 10.00. The fourth-order valence-electron chi connectivity index (χ4n) is 3.98. The van der Waals surface area contributed by atoms with Gasteiger partial charge in [0.2, 0.25) is 17.7 Å². The largest absolute Gasteiger partial charge is 0.480 e. The van der Waals surface area contributed by atoms with Gasteiger partial charge < -0.3 is 38.3 Å². The van der Waals surface area contributed by atoms with Crippen molar-refractivity contribution in [3.05, 3.63) is 35.9 Å². The molecule has 1 rings (SSSR count). The Labute approximate surface area is 225 Å². The van der Waals surface area contributed by atoms with Crippen LogP contribution in [-0.4, -0.2) is 66.1 Å². The molecule has 0 aliphatic heterocycles. The molecule has 4 atom stereocenters. The lowest BCUT2D eigenvalue weighted by molar-refractivity contribution is -0.142. The van der Waals surface area contributed by atoms with Gasteiger partial charge in [0.25, 0.3) is 0 Å². The third-order valence-electron chi connectivity index (χ3n) is 6.12. The third kappa shape index (κ3) is 13.0. The Hall–Kier alpha value is -3.02. The number of carbonyl (C=O) groups excluding carboxylic acids is 3. The van der Waals surface area contributed by atoms with E-state index in [-0.39, 0.29) is 18.8 Å². The second kappa shape index (κ2) is 18.3. The Balaban J connectivity index is 2.96. The van der Waals surface area contributed by atoms with Crippen LogP contribution in [0.2, 0.25) is 0 Å². The third-order valence-corrected chi connectivity index (χ3v) is 6.12. The summed E-state index contributed by atoms with van der Waals surface area (Å²) in [6, 6.07) is 5.14. The highest BCUT2D eigenvalue weighted by molar-refractivity contribution is 5.94. The van der Waals surface area contributed by atoms with Gasteiger partial charge in [0.15, 0.2) is 0 Å². The molecule has 0 spiro atoms. The van der Waals surface area contributed by atoms with Gasteiger partial charge in [-0.05, 0) is 63.1 Å². The average molecular weight is 535 g/mol. The van der Waals surface area contributed by atoms with E-state index in [9.17, 15) is 24.3 Å². The van der Waals surface area contributed by atoms with Crippen molar-refractivity contribution < 1.29 is 24.3 Å². The second-order valence-corrected chi connectivity index (χ2v) is 10.0. The Morgan fingerprint density at radius 1 is 0.763 bits per heavy atom. The van der Waals surface area contributed by atoms with Crippen molar-refractivity contribution in [1.82, 2.24) is 16.0 Å². The number of hydrogen-bond donors (Lipinski definition) is 7. The average Bonchev–Trinajstić information content (AvgIpc) is 2.87. The van der Waals surface area contributed by atoms with E-state index < -0.39 is 47.9 Å². The van der Waals surface area contributed by atoms with Crippen molar-refractivity contribution in [2.24, 2.45) is 23.1 Å². The van der Waals surface area contributed by atoms with Crippen molar-refractivity contribution in [2.45, 2.75) is 89.4 Å². The molecule has 0 saturated heterocycles. The minimum atomic E-state index is -1.17. The number of hydrogen-bond acceptors (Lipinski definition) is 7. The predicted octanol–water partition coefficient (Wildman–Crippen LogP) is 0.400. The maximum Gasteiger partial charge on any atom is 0.326 e. The number of benzene rings is 1. The molecule has 3 amide bonds. The lowest BCUT2D eigenvalue weighted by Crippen LogP contribution is -2.57. The van der Waals surface area contributed by atoms with Crippen LogP contribution in [0.1, 0.15) is 64.4 Å². The van der Waals surface area contributed by atoms with Crippen LogP contribution in [-0.2, 0) is 25.6 Å². The zero-order valence-corrected chi connectivity index (χ0v) is 22.7. The van der Waals surface area contributed by atoms with Gasteiger partial charge in [-0.3, -0.25) is 14.4 Å². The molecule has 0 heterocycles. The fourth-order valence-corrected chi connectivity index (χ4v) is 3.98. The molecule has 1 aromatic carbocycles. The molecule has 0 aliphatic carbocycles. The number of aliphatic carboxylic acids is 1. The van der Waals surface area contributed by atoms with Crippen LogP contribution in [0.3, 0.4) is 0 Å². The molecule has 4 unspecified atom stereocenters. The molecule has 0 aromatic heterocycles. The number of nitrogens with two attached hydrogens (primary N) is 3. The molecule has 214 valence electrons. The zero-order valence-electron chi connectivity index (χ0n) is 22.7. The highest BCUT2D eigenvalue weighted by Gasteiger charge is 2.30. The van der Waals surface area contributed by atoms with Gasteiger partial charge in [0, 0.05) is 6.42 Å². The van der Waals surface area contributed by atoms with Crippen LogP contribution in [0.15, 0.2) is 30.3 Å². The van der Waals surface area contributed by atoms with Gasteiger partial charge >= 0.3 is 5.97 Å². The molecular weight excluding hydrogens is 488 g/mol. The van der Waals surface area contributed by atoms with Crippen LogP contribution in [0.4, 0.5) is 0 Å². The second-order valence-electron chi connectivity index (χ2n) is 10.0. The summed E-state index contributed by atoms with van der Waals surface area (Å²) >= 11 is 0. The topological polar surface area (TPSA) is 203 Å². The van der Waals surface area contributed by atoms with Crippen molar-refractivity contribution >= 4 is 23.7 Å². The monoisotopic (exact) mass is 534 g/mol. The molecule has 1 aromatic rings. The number of carboxylic acid groups (broad SMARTS) is 1. The van der Waals surface area contributed by atoms with Gasteiger partial charge in [-0.2, -0.15) is 0 Å². The number of nitrogens with one attached hydrogen (secondary N) is 3. The van der Waals surface area contributed by atoms with E-state index in [4.69, 9.17) is 17.2 Å². The SMILES string of the molecule is CC(C)CC(NC(=O)C(CCCCN)NC(=O)C(N)CCCCN)C(=O)NC(Cc1ccccc1)C(=O)O. The van der Waals surface area contributed by atoms with E-state index >= 15 is 0 Å². The molecular formula is C27H46N6O5. The number of amides is 3. The standard InChI is InChI=1S/C27H46N6O5/c1-18(2)16-22(26(36)33-23(27(37)38)17-19-10-4-3-5-11-19)32-25(35)21(13-7-9-15-29)31-24(34)20(30)12-6-8-14-28/h3-5,10-11,18,20-23H,6-9,12-17,28-30H2,1-2H3,(H,31,34)(H,32,35)(H,33,36)(H,37,38). The van der Waals surface area contributed by atoms with Gasteiger partial charge in [0.1, 0.15) is 18.1 Å².